The first-order valence-corrected chi connectivity index (χ1v) is 3.05. The quantitative estimate of drug-likeness (QED) is 0.485. The summed E-state index contributed by atoms with van der Waals surface area (Å²) in [5.41, 5.74) is 0. The zero-order valence-electron chi connectivity index (χ0n) is 6.60. The van der Waals surface area contributed by atoms with Crippen LogP contribution in [0, 0.1) is 0 Å². The number of hydrogen-bond acceptors (Lipinski definition) is 2. The lowest BCUT2D eigenvalue weighted by atomic mass is 10.6. The lowest BCUT2D eigenvalue weighted by Crippen LogP contribution is -3.07. The van der Waals surface area contributed by atoms with Gasteiger partial charge in [-0.25, -0.2) is 0 Å². The third-order valence-electron chi connectivity index (χ3n) is 1.10. The number of nitrogens with one attached hydrogen (secondary N) is 1. The van der Waals surface area contributed by atoms with Crippen molar-refractivity contribution in [2.45, 2.75) is 6.29 Å². The summed E-state index contributed by atoms with van der Waals surface area (Å²) in [6.07, 6.45) is -0.0602. The van der Waals surface area contributed by atoms with E-state index in [1.165, 1.54) is 4.90 Å². The molecule has 0 aromatic rings. The molecule has 0 aliphatic heterocycles. The van der Waals surface area contributed by atoms with Crippen LogP contribution in [0.15, 0.2) is 0 Å². The van der Waals surface area contributed by atoms with Crippen LogP contribution in [-0.4, -0.2) is 41.1 Å². The topological polar surface area (TPSA) is 22.9 Å². The number of quaternary nitrogens is 1. The SMILES string of the molecule is COC(C[NH+](C)C)OC. The molecule has 3 heteroatoms. The van der Waals surface area contributed by atoms with E-state index in [4.69, 9.17) is 9.47 Å². The Kier molecular flexibility index (Phi) is 4.67. The van der Waals surface area contributed by atoms with Gasteiger partial charge in [0, 0.05) is 14.2 Å². The van der Waals surface area contributed by atoms with Crippen LogP contribution >= 0.6 is 0 Å². The lowest BCUT2D eigenvalue weighted by molar-refractivity contribution is -0.865. The minimum absolute atomic E-state index is 0.0602. The molecule has 3 nitrogen and oxygen atoms in total. The molecule has 0 saturated carbocycles. The summed E-state index contributed by atoms with van der Waals surface area (Å²) in [5, 5.41) is 0. The number of likely N-dealkylation sites (N-methyl/N-ethyl adjacent to an activating group) is 1. The first kappa shape index (κ1) is 8.88. The van der Waals surface area contributed by atoms with E-state index in [-0.39, 0.29) is 6.29 Å². The van der Waals surface area contributed by atoms with Gasteiger partial charge in [0.15, 0.2) is 0 Å². The standard InChI is InChI=1S/C6H15NO2/c1-7(2)5-6(8-3)9-4/h6H,5H2,1-4H3/p+1. The maximum atomic E-state index is 4.97. The Labute approximate surface area is 56.6 Å². The molecular formula is C6H16NO2+. The Morgan fingerprint density at radius 1 is 1.22 bits per heavy atom. The molecule has 0 aliphatic rings. The second-order valence-electron chi connectivity index (χ2n) is 2.31. The molecular weight excluding hydrogens is 118 g/mol. The second-order valence-corrected chi connectivity index (χ2v) is 2.31. The zero-order chi connectivity index (χ0) is 7.28. The predicted octanol–water partition coefficient (Wildman–Crippen LogP) is -1.25. The normalized spacial score (nSPS) is 11.3. The smallest absolute Gasteiger partial charge is 0.207 e. The van der Waals surface area contributed by atoms with Crippen LogP contribution in [0.1, 0.15) is 0 Å². The highest BCUT2D eigenvalue weighted by molar-refractivity contribution is 4.32. The van der Waals surface area contributed by atoms with Gasteiger partial charge in [0.2, 0.25) is 6.29 Å². The summed E-state index contributed by atoms with van der Waals surface area (Å²) < 4.78 is 9.93. The monoisotopic (exact) mass is 134 g/mol. The highest BCUT2D eigenvalue weighted by Gasteiger charge is 2.07. The average molecular weight is 134 g/mol. The highest BCUT2D eigenvalue weighted by Crippen LogP contribution is 1.83. The third kappa shape index (κ3) is 4.39. The van der Waals surface area contributed by atoms with Crippen molar-refractivity contribution in [3.8, 4) is 0 Å². The van der Waals surface area contributed by atoms with Crippen LogP contribution in [-0.2, 0) is 9.47 Å². The van der Waals surface area contributed by atoms with E-state index in [0.717, 1.165) is 6.54 Å². The van der Waals surface area contributed by atoms with E-state index in [1.54, 1.807) is 14.2 Å². The van der Waals surface area contributed by atoms with E-state index in [1.807, 2.05) is 0 Å². The molecule has 0 amide bonds. The summed E-state index contributed by atoms with van der Waals surface area (Å²) in [6.45, 7) is 0.882. The molecule has 0 fully saturated rings. The minimum atomic E-state index is -0.0602. The van der Waals surface area contributed by atoms with Gasteiger partial charge in [-0.2, -0.15) is 0 Å². The van der Waals surface area contributed by atoms with Gasteiger partial charge >= 0.3 is 0 Å². The fourth-order valence-electron chi connectivity index (χ4n) is 0.596. The summed E-state index contributed by atoms with van der Waals surface area (Å²) >= 11 is 0. The fourth-order valence-corrected chi connectivity index (χ4v) is 0.596. The van der Waals surface area contributed by atoms with Gasteiger partial charge in [0.25, 0.3) is 0 Å². The summed E-state index contributed by atoms with van der Waals surface area (Å²) in [6, 6.07) is 0. The molecule has 0 saturated heterocycles. The van der Waals surface area contributed by atoms with E-state index in [0.29, 0.717) is 0 Å². The van der Waals surface area contributed by atoms with Crippen molar-refractivity contribution in [2.24, 2.45) is 0 Å². The number of hydrogen-bond donors (Lipinski definition) is 1. The van der Waals surface area contributed by atoms with Crippen molar-refractivity contribution in [1.82, 2.24) is 0 Å². The van der Waals surface area contributed by atoms with Crippen molar-refractivity contribution >= 4 is 0 Å². The fraction of sp³-hybridized carbons (Fsp3) is 1.00. The van der Waals surface area contributed by atoms with Gasteiger partial charge < -0.3 is 14.4 Å². The molecule has 0 atom stereocenters. The molecule has 0 spiro atoms. The van der Waals surface area contributed by atoms with Crippen LogP contribution in [0.5, 0.6) is 0 Å². The van der Waals surface area contributed by atoms with Crippen molar-refractivity contribution in [1.29, 1.82) is 0 Å². The number of rotatable bonds is 4. The number of methoxy groups -OCH3 is 2. The van der Waals surface area contributed by atoms with Crippen molar-refractivity contribution in [2.75, 3.05) is 34.9 Å². The van der Waals surface area contributed by atoms with Crippen molar-refractivity contribution in [3.63, 3.8) is 0 Å². The molecule has 0 rings (SSSR count). The Morgan fingerprint density at radius 3 is 1.78 bits per heavy atom. The molecule has 0 aliphatic carbocycles. The second kappa shape index (κ2) is 4.73. The van der Waals surface area contributed by atoms with Gasteiger partial charge in [0.05, 0.1) is 14.1 Å². The van der Waals surface area contributed by atoms with Gasteiger partial charge in [-0.1, -0.05) is 0 Å². The van der Waals surface area contributed by atoms with Gasteiger partial charge in [-0.3, -0.25) is 0 Å². The van der Waals surface area contributed by atoms with E-state index in [2.05, 4.69) is 14.1 Å². The molecule has 0 bridgehead atoms. The van der Waals surface area contributed by atoms with E-state index >= 15 is 0 Å². The first-order chi connectivity index (χ1) is 4.20. The Morgan fingerprint density at radius 2 is 1.67 bits per heavy atom. The van der Waals surface area contributed by atoms with Gasteiger partial charge in [0.1, 0.15) is 6.54 Å². The molecule has 9 heavy (non-hydrogen) atoms. The van der Waals surface area contributed by atoms with Crippen LogP contribution in [0.25, 0.3) is 0 Å². The van der Waals surface area contributed by atoms with Crippen LogP contribution < -0.4 is 4.90 Å². The minimum Gasteiger partial charge on any atom is -0.351 e. The number of ether oxygens (including phenoxy) is 2. The summed E-state index contributed by atoms with van der Waals surface area (Å²) in [7, 11) is 7.42. The molecule has 0 unspecified atom stereocenters. The van der Waals surface area contributed by atoms with E-state index < -0.39 is 0 Å². The summed E-state index contributed by atoms with van der Waals surface area (Å²) in [4.78, 5) is 1.32. The summed E-state index contributed by atoms with van der Waals surface area (Å²) in [5.74, 6) is 0. The molecule has 0 radical (unpaired) electrons. The van der Waals surface area contributed by atoms with Crippen LogP contribution in [0.2, 0.25) is 0 Å². The van der Waals surface area contributed by atoms with E-state index in [9.17, 15) is 0 Å². The van der Waals surface area contributed by atoms with Crippen LogP contribution in [0.3, 0.4) is 0 Å². The molecule has 1 N–H and O–H groups in total. The molecule has 0 heterocycles. The van der Waals surface area contributed by atoms with Crippen LogP contribution in [0.4, 0.5) is 0 Å². The van der Waals surface area contributed by atoms with Gasteiger partial charge in [-0.05, 0) is 0 Å². The van der Waals surface area contributed by atoms with Crippen molar-refractivity contribution in [3.05, 3.63) is 0 Å². The highest BCUT2D eigenvalue weighted by atomic mass is 16.7. The average Bonchev–Trinajstić information content (AvgIpc) is 1.82. The Balaban J connectivity index is 3.31. The lowest BCUT2D eigenvalue weighted by Gasteiger charge is -2.14. The Bertz CT molecular complexity index is 62.1. The largest absolute Gasteiger partial charge is 0.351 e. The third-order valence-corrected chi connectivity index (χ3v) is 1.10. The molecule has 0 aromatic heterocycles. The first-order valence-electron chi connectivity index (χ1n) is 3.05. The zero-order valence-corrected chi connectivity index (χ0v) is 6.60. The Hall–Kier alpha value is -0.120. The van der Waals surface area contributed by atoms with Gasteiger partial charge in [-0.15, -0.1) is 0 Å². The maximum Gasteiger partial charge on any atom is 0.207 e. The maximum absolute atomic E-state index is 4.97. The van der Waals surface area contributed by atoms with Crippen molar-refractivity contribution < 1.29 is 14.4 Å². The molecule has 56 valence electrons. The molecule has 0 aromatic carbocycles. The predicted molar refractivity (Wildman–Crippen MR) is 35.5 cm³/mol.